The first-order valence-corrected chi connectivity index (χ1v) is 5.55. The van der Waals surface area contributed by atoms with Gasteiger partial charge in [0.1, 0.15) is 5.69 Å². The highest BCUT2D eigenvalue weighted by atomic mass is 16.6. The number of pyridine rings is 1. The van der Waals surface area contributed by atoms with Crippen molar-refractivity contribution >= 4 is 23.1 Å². The Morgan fingerprint density at radius 3 is 3.05 bits per heavy atom. The van der Waals surface area contributed by atoms with Crippen molar-refractivity contribution in [2.45, 2.75) is 13.5 Å². The van der Waals surface area contributed by atoms with Crippen molar-refractivity contribution in [3.63, 3.8) is 0 Å². The third-order valence-electron chi connectivity index (χ3n) is 2.86. The maximum Gasteiger partial charge on any atom is 0.226 e. The molecule has 8 heteroatoms. The lowest BCUT2D eigenvalue weighted by Gasteiger charge is -2.08. The molecule has 0 aliphatic rings. The van der Waals surface area contributed by atoms with Crippen LogP contribution in [0.3, 0.4) is 0 Å². The van der Waals surface area contributed by atoms with Gasteiger partial charge in [0, 0.05) is 17.5 Å². The van der Waals surface area contributed by atoms with E-state index in [1.165, 1.54) is 0 Å². The minimum Gasteiger partial charge on any atom is -0.396 e. The van der Waals surface area contributed by atoms with Crippen LogP contribution in [0, 0.1) is 6.92 Å². The molecule has 3 aromatic heterocycles. The number of fused-ring (bicyclic) bond motifs is 1. The van der Waals surface area contributed by atoms with Crippen LogP contribution in [0.5, 0.6) is 0 Å². The van der Waals surface area contributed by atoms with E-state index in [4.69, 9.17) is 5.73 Å². The molecule has 0 aliphatic heterocycles. The van der Waals surface area contributed by atoms with E-state index in [2.05, 4.69) is 25.0 Å². The van der Waals surface area contributed by atoms with Crippen LogP contribution in [0.4, 0.5) is 5.69 Å². The number of aryl methyl sites for hydroxylation is 1. The van der Waals surface area contributed by atoms with Gasteiger partial charge in [0.05, 0.1) is 12.2 Å². The third kappa shape index (κ3) is 1.82. The van der Waals surface area contributed by atoms with Crippen LogP contribution in [-0.4, -0.2) is 31.4 Å². The van der Waals surface area contributed by atoms with Gasteiger partial charge in [-0.2, -0.15) is 5.10 Å². The molecule has 19 heavy (non-hydrogen) atoms. The SMILES string of the molecule is Cc1nc2nonc2c(N)c1Cn1ccc(C=O)n1. The summed E-state index contributed by atoms with van der Waals surface area (Å²) in [7, 11) is 0. The molecule has 0 aromatic carbocycles. The zero-order chi connectivity index (χ0) is 13.4. The predicted molar refractivity (Wildman–Crippen MR) is 65.5 cm³/mol. The molecule has 0 fully saturated rings. The number of anilines is 1. The summed E-state index contributed by atoms with van der Waals surface area (Å²) in [6.07, 6.45) is 2.39. The zero-order valence-corrected chi connectivity index (χ0v) is 10.1. The highest BCUT2D eigenvalue weighted by molar-refractivity contribution is 5.85. The minimum atomic E-state index is 0.369. The minimum absolute atomic E-state index is 0.369. The van der Waals surface area contributed by atoms with Crippen LogP contribution < -0.4 is 5.73 Å². The van der Waals surface area contributed by atoms with Crippen molar-refractivity contribution in [1.29, 1.82) is 0 Å². The quantitative estimate of drug-likeness (QED) is 0.683. The molecule has 3 aromatic rings. The van der Waals surface area contributed by atoms with Crippen molar-refractivity contribution in [2.75, 3.05) is 5.73 Å². The molecule has 8 nitrogen and oxygen atoms in total. The molecule has 96 valence electrons. The number of rotatable bonds is 3. The molecule has 0 amide bonds. The number of aldehydes is 1. The molecular formula is C11H10N6O2. The molecule has 3 rings (SSSR count). The number of nitrogens with two attached hydrogens (primary N) is 1. The molecular weight excluding hydrogens is 248 g/mol. The zero-order valence-electron chi connectivity index (χ0n) is 10.1. The fourth-order valence-electron chi connectivity index (χ4n) is 1.88. The summed E-state index contributed by atoms with van der Waals surface area (Å²) in [4.78, 5) is 14.9. The van der Waals surface area contributed by atoms with Gasteiger partial charge in [0.2, 0.25) is 5.65 Å². The number of carbonyl (C=O) groups excluding carboxylic acids is 1. The van der Waals surface area contributed by atoms with Crippen molar-refractivity contribution in [1.82, 2.24) is 25.1 Å². The van der Waals surface area contributed by atoms with Gasteiger partial charge in [0.25, 0.3) is 0 Å². The highest BCUT2D eigenvalue weighted by Gasteiger charge is 2.15. The Morgan fingerprint density at radius 1 is 1.47 bits per heavy atom. The summed E-state index contributed by atoms with van der Waals surface area (Å²) in [5.41, 5.74) is 9.19. The van der Waals surface area contributed by atoms with Gasteiger partial charge in [-0.1, -0.05) is 0 Å². The van der Waals surface area contributed by atoms with Gasteiger partial charge >= 0.3 is 0 Å². The van der Waals surface area contributed by atoms with Crippen molar-refractivity contribution in [3.05, 3.63) is 29.2 Å². The van der Waals surface area contributed by atoms with Crippen LogP contribution in [-0.2, 0) is 6.54 Å². The molecule has 3 heterocycles. The Labute approximate surface area is 107 Å². The van der Waals surface area contributed by atoms with Gasteiger partial charge in [-0.3, -0.25) is 9.48 Å². The van der Waals surface area contributed by atoms with Crippen LogP contribution in [0.15, 0.2) is 16.9 Å². The Kier molecular flexibility index (Phi) is 2.48. The second kappa shape index (κ2) is 4.16. The normalized spacial score (nSPS) is 11.0. The monoisotopic (exact) mass is 258 g/mol. The van der Waals surface area contributed by atoms with E-state index >= 15 is 0 Å². The number of nitrogen functional groups attached to an aromatic ring is 1. The smallest absolute Gasteiger partial charge is 0.226 e. The predicted octanol–water partition coefficient (Wildman–Crippen LogP) is 0.566. The fourth-order valence-corrected chi connectivity index (χ4v) is 1.88. The molecule has 0 saturated heterocycles. The molecule has 0 radical (unpaired) electrons. The van der Waals surface area contributed by atoms with Gasteiger partial charge in [-0.25, -0.2) is 9.61 Å². The summed E-state index contributed by atoms with van der Waals surface area (Å²) in [6.45, 7) is 2.23. The van der Waals surface area contributed by atoms with Crippen molar-refractivity contribution in [3.8, 4) is 0 Å². The maximum absolute atomic E-state index is 10.6. The standard InChI is InChI=1S/C11H10N6O2/c1-6-8(4-17-3-2-7(5-18)14-17)9(12)10-11(13-6)16-19-15-10/h2-3,5H,4,12H2,1H3. The van der Waals surface area contributed by atoms with Crippen LogP contribution in [0.25, 0.3) is 11.2 Å². The van der Waals surface area contributed by atoms with E-state index in [1.54, 1.807) is 16.9 Å². The molecule has 0 atom stereocenters. The highest BCUT2D eigenvalue weighted by Crippen LogP contribution is 2.23. The second-order valence-corrected chi connectivity index (χ2v) is 4.08. The second-order valence-electron chi connectivity index (χ2n) is 4.08. The van der Waals surface area contributed by atoms with Gasteiger partial charge < -0.3 is 5.73 Å². The molecule has 0 spiro atoms. The molecule has 0 bridgehead atoms. The molecule has 2 N–H and O–H groups in total. The molecule has 0 saturated carbocycles. The van der Waals surface area contributed by atoms with Gasteiger partial charge in [-0.15, -0.1) is 0 Å². The Hall–Kier alpha value is -2.77. The Morgan fingerprint density at radius 2 is 2.32 bits per heavy atom. The third-order valence-corrected chi connectivity index (χ3v) is 2.86. The number of carbonyl (C=O) groups is 1. The first kappa shape index (κ1) is 11.3. The van der Waals surface area contributed by atoms with E-state index in [0.717, 1.165) is 11.3 Å². The maximum atomic E-state index is 10.6. The first-order valence-electron chi connectivity index (χ1n) is 5.55. The largest absolute Gasteiger partial charge is 0.396 e. The summed E-state index contributed by atoms with van der Waals surface area (Å²) >= 11 is 0. The van der Waals surface area contributed by atoms with E-state index in [1.807, 2.05) is 6.92 Å². The summed E-state index contributed by atoms with van der Waals surface area (Å²) < 4.78 is 6.23. The number of nitrogens with zero attached hydrogens (tertiary/aromatic N) is 5. The average molecular weight is 258 g/mol. The first-order chi connectivity index (χ1) is 9.19. The number of aromatic nitrogens is 5. The lowest BCUT2D eigenvalue weighted by molar-refractivity contribution is 0.111. The Balaban J connectivity index is 2.06. The fraction of sp³-hybridized carbons (Fsp3) is 0.182. The number of hydrogen-bond acceptors (Lipinski definition) is 7. The number of hydrogen-bond donors (Lipinski definition) is 1. The topological polar surface area (TPSA) is 113 Å². The average Bonchev–Trinajstić information content (AvgIpc) is 3.02. The van der Waals surface area contributed by atoms with Crippen LogP contribution in [0.1, 0.15) is 21.7 Å². The molecule has 0 aliphatic carbocycles. The van der Waals surface area contributed by atoms with Crippen LogP contribution >= 0.6 is 0 Å². The summed E-state index contributed by atoms with van der Waals surface area (Å²) in [5, 5.41) is 11.5. The van der Waals surface area contributed by atoms with Gasteiger partial charge in [0.15, 0.2) is 11.8 Å². The van der Waals surface area contributed by atoms with Crippen LogP contribution in [0.2, 0.25) is 0 Å². The summed E-state index contributed by atoms with van der Waals surface area (Å²) in [6, 6.07) is 1.63. The van der Waals surface area contributed by atoms with E-state index in [9.17, 15) is 4.79 Å². The van der Waals surface area contributed by atoms with E-state index in [0.29, 0.717) is 35.4 Å². The van der Waals surface area contributed by atoms with Crippen molar-refractivity contribution < 1.29 is 9.42 Å². The lowest BCUT2D eigenvalue weighted by Crippen LogP contribution is -2.08. The summed E-state index contributed by atoms with van der Waals surface area (Å²) in [5.74, 6) is 0. The van der Waals surface area contributed by atoms with Crippen molar-refractivity contribution in [2.24, 2.45) is 0 Å². The van der Waals surface area contributed by atoms with E-state index in [-0.39, 0.29) is 0 Å². The lowest BCUT2D eigenvalue weighted by atomic mass is 10.1. The molecule has 0 unspecified atom stereocenters. The van der Waals surface area contributed by atoms with E-state index < -0.39 is 0 Å². The van der Waals surface area contributed by atoms with Gasteiger partial charge in [-0.05, 0) is 23.3 Å². The Bertz CT molecular complexity index is 760.